The van der Waals surface area contributed by atoms with Gasteiger partial charge in [-0.2, -0.15) is 0 Å². The van der Waals surface area contributed by atoms with Gasteiger partial charge in [0.1, 0.15) is 0 Å². The monoisotopic (exact) mass is 407 g/mol. The number of amides is 2. The number of anilines is 2. The molecule has 2 aromatic rings. The molecule has 8 heteroatoms. The van der Waals surface area contributed by atoms with E-state index in [1.165, 1.54) is 0 Å². The Labute approximate surface area is 167 Å². The van der Waals surface area contributed by atoms with E-state index in [1.807, 2.05) is 0 Å². The van der Waals surface area contributed by atoms with Crippen LogP contribution in [0.5, 0.6) is 0 Å². The van der Waals surface area contributed by atoms with Gasteiger partial charge >= 0.3 is 0 Å². The zero-order valence-electron chi connectivity index (χ0n) is 14.5. The third-order valence-electron chi connectivity index (χ3n) is 4.03. The lowest BCUT2D eigenvalue weighted by Gasteiger charge is -2.26. The fourth-order valence-corrected chi connectivity index (χ4v) is 3.21. The Hall–Kier alpha value is -2.28. The van der Waals surface area contributed by atoms with E-state index in [0.29, 0.717) is 53.3 Å². The van der Waals surface area contributed by atoms with Gasteiger partial charge in [0.15, 0.2) is 0 Å². The summed E-state index contributed by atoms with van der Waals surface area (Å²) in [7, 11) is 0. The molecule has 1 fully saturated rings. The number of carbonyl (C=O) groups is 2. The molecule has 2 aromatic carbocycles. The number of hydrogen-bond acceptors (Lipinski definition) is 4. The molecule has 0 aromatic heterocycles. The highest BCUT2D eigenvalue weighted by Crippen LogP contribution is 2.22. The van der Waals surface area contributed by atoms with Crippen LogP contribution in [-0.4, -0.2) is 49.6 Å². The number of morpholine rings is 1. The van der Waals surface area contributed by atoms with Crippen molar-refractivity contribution in [2.45, 2.75) is 0 Å². The van der Waals surface area contributed by atoms with Crippen LogP contribution in [0.2, 0.25) is 10.0 Å². The lowest BCUT2D eigenvalue weighted by Crippen LogP contribution is -2.40. The van der Waals surface area contributed by atoms with Gasteiger partial charge in [-0.1, -0.05) is 23.2 Å². The normalized spacial score (nSPS) is 13.9. The van der Waals surface area contributed by atoms with E-state index in [9.17, 15) is 9.59 Å². The van der Waals surface area contributed by atoms with Crippen LogP contribution in [0, 0.1) is 0 Å². The van der Waals surface area contributed by atoms with Crippen molar-refractivity contribution in [1.82, 2.24) is 4.90 Å². The smallest absolute Gasteiger partial charge is 0.254 e. The molecule has 0 bridgehead atoms. The first-order valence-electron chi connectivity index (χ1n) is 8.48. The van der Waals surface area contributed by atoms with Crippen LogP contribution in [0.15, 0.2) is 42.5 Å². The maximum Gasteiger partial charge on any atom is 0.254 e. The molecule has 1 saturated heterocycles. The van der Waals surface area contributed by atoms with Gasteiger partial charge in [0.25, 0.3) is 5.91 Å². The van der Waals surface area contributed by atoms with Gasteiger partial charge in [-0.15, -0.1) is 0 Å². The molecule has 2 amide bonds. The Morgan fingerprint density at radius 2 is 1.59 bits per heavy atom. The predicted octanol–water partition coefficient (Wildman–Crippen LogP) is 3.52. The topological polar surface area (TPSA) is 70.7 Å². The van der Waals surface area contributed by atoms with Crippen molar-refractivity contribution in [3.63, 3.8) is 0 Å². The first-order chi connectivity index (χ1) is 13.0. The predicted molar refractivity (Wildman–Crippen MR) is 107 cm³/mol. The quantitative estimate of drug-likeness (QED) is 0.795. The summed E-state index contributed by atoms with van der Waals surface area (Å²) in [4.78, 5) is 26.3. The van der Waals surface area contributed by atoms with E-state index < -0.39 is 0 Å². The maximum atomic E-state index is 12.4. The van der Waals surface area contributed by atoms with Crippen LogP contribution in [0.25, 0.3) is 0 Å². The van der Waals surface area contributed by atoms with E-state index >= 15 is 0 Å². The number of ether oxygens (including phenoxy) is 1. The molecule has 3 rings (SSSR count). The van der Waals surface area contributed by atoms with Crippen LogP contribution in [0.1, 0.15) is 10.4 Å². The number of rotatable bonds is 5. The summed E-state index contributed by atoms with van der Waals surface area (Å²) in [6, 6.07) is 11.8. The molecule has 142 valence electrons. The number of hydrogen-bond donors (Lipinski definition) is 2. The minimum atomic E-state index is -0.224. The zero-order valence-corrected chi connectivity index (χ0v) is 16.0. The van der Waals surface area contributed by atoms with Crippen molar-refractivity contribution in [2.24, 2.45) is 0 Å². The van der Waals surface area contributed by atoms with Crippen LogP contribution in [0.4, 0.5) is 11.4 Å². The number of benzene rings is 2. The Morgan fingerprint density at radius 1 is 0.963 bits per heavy atom. The first-order valence-corrected chi connectivity index (χ1v) is 9.24. The van der Waals surface area contributed by atoms with Gasteiger partial charge < -0.3 is 20.3 Å². The molecule has 1 aliphatic heterocycles. The van der Waals surface area contributed by atoms with Crippen LogP contribution in [0.3, 0.4) is 0 Å². The molecule has 0 atom stereocenters. The summed E-state index contributed by atoms with van der Waals surface area (Å²) < 4.78 is 5.25. The number of halogens is 2. The molecule has 6 nitrogen and oxygen atoms in total. The molecule has 27 heavy (non-hydrogen) atoms. The SMILES string of the molecule is O=C(CNc1cc(Cl)cc(Cl)c1)Nc1ccc(C(=O)N2CCOCC2)cc1. The lowest BCUT2D eigenvalue weighted by atomic mass is 10.1. The van der Waals surface area contributed by atoms with E-state index in [-0.39, 0.29) is 18.4 Å². The van der Waals surface area contributed by atoms with Crippen LogP contribution < -0.4 is 10.6 Å². The molecule has 0 radical (unpaired) electrons. The highest BCUT2D eigenvalue weighted by atomic mass is 35.5. The zero-order chi connectivity index (χ0) is 19.2. The molecular weight excluding hydrogens is 389 g/mol. The molecular formula is C19H19Cl2N3O3. The number of nitrogens with one attached hydrogen (secondary N) is 2. The molecule has 0 aliphatic carbocycles. The molecule has 2 N–H and O–H groups in total. The highest BCUT2D eigenvalue weighted by molar-refractivity contribution is 6.35. The summed E-state index contributed by atoms with van der Waals surface area (Å²) in [5.41, 5.74) is 1.86. The van der Waals surface area contributed by atoms with Crippen molar-refractivity contribution >= 4 is 46.4 Å². The minimum absolute atomic E-state index is 0.0318. The average molecular weight is 408 g/mol. The Morgan fingerprint density at radius 3 is 2.22 bits per heavy atom. The van der Waals surface area contributed by atoms with E-state index in [1.54, 1.807) is 47.4 Å². The molecule has 0 unspecified atom stereocenters. The summed E-state index contributed by atoms with van der Waals surface area (Å²) in [6.45, 7) is 2.37. The highest BCUT2D eigenvalue weighted by Gasteiger charge is 2.18. The standard InChI is InChI=1S/C19H19Cl2N3O3/c20-14-9-15(21)11-17(10-14)22-12-18(25)23-16-3-1-13(2-4-16)19(26)24-5-7-27-8-6-24/h1-4,9-11,22H,5-8,12H2,(H,23,25). The lowest BCUT2D eigenvalue weighted by molar-refractivity contribution is -0.114. The van der Waals surface area contributed by atoms with Gasteiger partial charge in [0, 0.05) is 40.1 Å². The van der Waals surface area contributed by atoms with Gasteiger partial charge in [-0.05, 0) is 42.5 Å². The van der Waals surface area contributed by atoms with Crippen molar-refractivity contribution < 1.29 is 14.3 Å². The summed E-state index contributed by atoms with van der Waals surface area (Å²) in [5.74, 6) is -0.256. The molecule has 0 spiro atoms. The second-order valence-electron chi connectivity index (χ2n) is 6.04. The van der Waals surface area contributed by atoms with Crippen molar-refractivity contribution in [1.29, 1.82) is 0 Å². The van der Waals surface area contributed by atoms with Crippen molar-refractivity contribution in [2.75, 3.05) is 43.5 Å². The van der Waals surface area contributed by atoms with Crippen molar-refractivity contribution in [3.05, 3.63) is 58.1 Å². The molecule has 0 saturated carbocycles. The fraction of sp³-hybridized carbons (Fsp3) is 0.263. The number of nitrogens with zero attached hydrogens (tertiary/aromatic N) is 1. The first kappa shape index (κ1) is 19.5. The average Bonchev–Trinajstić information content (AvgIpc) is 2.66. The van der Waals surface area contributed by atoms with Gasteiger partial charge in [-0.3, -0.25) is 9.59 Å². The van der Waals surface area contributed by atoms with Crippen LogP contribution >= 0.6 is 23.2 Å². The fourth-order valence-electron chi connectivity index (χ4n) is 2.69. The second-order valence-corrected chi connectivity index (χ2v) is 6.91. The van der Waals surface area contributed by atoms with E-state index in [2.05, 4.69) is 10.6 Å². The van der Waals surface area contributed by atoms with E-state index in [4.69, 9.17) is 27.9 Å². The Bertz CT molecular complexity index is 801. The van der Waals surface area contributed by atoms with Gasteiger partial charge in [0.05, 0.1) is 19.8 Å². The number of carbonyl (C=O) groups excluding carboxylic acids is 2. The largest absolute Gasteiger partial charge is 0.378 e. The molecule has 1 heterocycles. The minimum Gasteiger partial charge on any atom is -0.378 e. The Balaban J connectivity index is 1.52. The third-order valence-corrected chi connectivity index (χ3v) is 4.47. The van der Waals surface area contributed by atoms with Crippen molar-refractivity contribution in [3.8, 4) is 0 Å². The second kappa shape index (κ2) is 9.08. The summed E-state index contributed by atoms with van der Waals surface area (Å²) >= 11 is 11.9. The van der Waals surface area contributed by atoms with Crippen LogP contribution in [-0.2, 0) is 9.53 Å². The van der Waals surface area contributed by atoms with Gasteiger partial charge in [0.2, 0.25) is 5.91 Å². The third kappa shape index (κ3) is 5.60. The summed E-state index contributed by atoms with van der Waals surface area (Å²) in [5, 5.41) is 6.72. The Kier molecular flexibility index (Phi) is 6.55. The molecule has 1 aliphatic rings. The maximum absolute atomic E-state index is 12.4. The van der Waals surface area contributed by atoms with E-state index in [0.717, 1.165) is 0 Å². The van der Waals surface area contributed by atoms with Gasteiger partial charge in [-0.25, -0.2) is 0 Å². The summed E-state index contributed by atoms with van der Waals surface area (Å²) in [6.07, 6.45) is 0.